The molecule has 0 spiro atoms. The molecule has 0 radical (unpaired) electrons. The van der Waals surface area contributed by atoms with Crippen molar-refractivity contribution in [2.75, 3.05) is 0 Å². The summed E-state index contributed by atoms with van der Waals surface area (Å²) < 4.78 is 1.80. The largest absolute Gasteiger partial charge is 0.508 e. The van der Waals surface area contributed by atoms with Crippen LogP contribution in [-0.2, 0) is 9.59 Å². The zero-order valence-electron chi connectivity index (χ0n) is 15.3. The van der Waals surface area contributed by atoms with Gasteiger partial charge in [-0.15, -0.1) is 0 Å². The molecule has 4 amide bonds. The zero-order chi connectivity index (χ0) is 19.7. The van der Waals surface area contributed by atoms with Crippen LogP contribution >= 0.6 is 0 Å². The van der Waals surface area contributed by atoms with Gasteiger partial charge in [0.15, 0.2) is 0 Å². The number of urea groups is 1. The van der Waals surface area contributed by atoms with Crippen molar-refractivity contribution >= 4 is 23.9 Å². The van der Waals surface area contributed by atoms with Gasteiger partial charge in [0.05, 0.1) is 0 Å². The van der Waals surface area contributed by atoms with Crippen molar-refractivity contribution in [2.45, 2.75) is 38.1 Å². The summed E-state index contributed by atoms with van der Waals surface area (Å²) in [5, 5.41) is 11.8. The van der Waals surface area contributed by atoms with E-state index < -0.39 is 17.8 Å². The van der Waals surface area contributed by atoms with Crippen LogP contribution in [0.4, 0.5) is 4.79 Å². The number of carbonyl (C=O) groups is 3. The van der Waals surface area contributed by atoms with Crippen LogP contribution in [0.15, 0.2) is 48.2 Å². The van der Waals surface area contributed by atoms with Crippen molar-refractivity contribution in [3.05, 3.63) is 53.9 Å². The molecule has 2 heterocycles. The highest BCUT2D eigenvalue weighted by atomic mass is 16.3. The van der Waals surface area contributed by atoms with E-state index in [0.29, 0.717) is 5.69 Å². The highest BCUT2D eigenvalue weighted by molar-refractivity contribution is 6.31. The monoisotopic (exact) mass is 379 g/mol. The summed E-state index contributed by atoms with van der Waals surface area (Å²) in [5.41, 5.74) is 1.35. The van der Waals surface area contributed by atoms with Gasteiger partial charge in [-0.1, -0.05) is 19.3 Å². The van der Waals surface area contributed by atoms with Gasteiger partial charge in [0.1, 0.15) is 11.3 Å². The summed E-state index contributed by atoms with van der Waals surface area (Å²) in [7, 11) is 0. The first-order valence-corrected chi connectivity index (χ1v) is 9.42. The summed E-state index contributed by atoms with van der Waals surface area (Å²) in [6, 6.07) is 9.38. The minimum Gasteiger partial charge on any atom is -0.508 e. The molecular formula is C21H21N3O4. The molecule has 2 N–H and O–H groups in total. The van der Waals surface area contributed by atoms with Crippen LogP contribution < -0.4 is 5.32 Å². The van der Waals surface area contributed by atoms with E-state index in [1.807, 2.05) is 0 Å². The topological polar surface area (TPSA) is 91.6 Å². The van der Waals surface area contributed by atoms with E-state index >= 15 is 0 Å². The quantitative estimate of drug-likeness (QED) is 0.634. The van der Waals surface area contributed by atoms with E-state index in [1.54, 1.807) is 47.2 Å². The number of amides is 4. The molecule has 0 unspecified atom stereocenters. The van der Waals surface area contributed by atoms with Gasteiger partial charge in [0, 0.05) is 23.6 Å². The predicted molar refractivity (Wildman–Crippen MR) is 103 cm³/mol. The third-order valence-electron chi connectivity index (χ3n) is 5.27. The maximum Gasteiger partial charge on any atom is 0.331 e. The average Bonchev–Trinajstić information content (AvgIpc) is 3.15. The zero-order valence-corrected chi connectivity index (χ0v) is 15.3. The number of hydrogen-bond acceptors (Lipinski definition) is 4. The number of benzene rings is 1. The van der Waals surface area contributed by atoms with Gasteiger partial charge in [-0.05, 0) is 55.3 Å². The lowest BCUT2D eigenvalue weighted by molar-refractivity contribution is -0.132. The number of aromatic nitrogens is 1. The Hall–Kier alpha value is -3.35. The van der Waals surface area contributed by atoms with E-state index in [1.165, 1.54) is 11.0 Å². The first-order chi connectivity index (χ1) is 13.5. The van der Waals surface area contributed by atoms with Crippen LogP contribution in [0.3, 0.4) is 0 Å². The van der Waals surface area contributed by atoms with Crippen LogP contribution in [-0.4, -0.2) is 38.5 Å². The van der Waals surface area contributed by atoms with Gasteiger partial charge in [-0.3, -0.25) is 19.8 Å². The Balaban J connectivity index is 1.68. The van der Waals surface area contributed by atoms with E-state index in [0.717, 1.165) is 37.8 Å². The molecule has 0 atom stereocenters. The van der Waals surface area contributed by atoms with Crippen LogP contribution in [0.5, 0.6) is 5.75 Å². The number of barbiturate groups is 1. The van der Waals surface area contributed by atoms with Gasteiger partial charge in [-0.25, -0.2) is 4.79 Å². The van der Waals surface area contributed by atoms with Crippen LogP contribution in [0, 0.1) is 0 Å². The number of rotatable bonds is 3. The Bertz CT molecular complexity index is 952. The van der Waals surface area contributed by atoms with Crippen LogP contribution in [0.25, 0.3) is 11.8 Å². The van der Waals surface area contributed by atoms with Crippen molar-refractivity contribution in [1.29, 1.82) is 0 Å². The fourth-order valence-electron chi connectivity index (χ4n) is 3.85. The Morgan fingerprint density at radius 2 is 1.71 bits per heavy atom. The molecule has 1 aliphatic carbocycles. The molecule has 1 aliphatic heterocycles. The fourth-order valence-corrected chi connectivity index (χ4v) is 3.85. The smallest absolute Gasteiger partial charge is 0.331 e. The van der Waals surface area contributed by atoms with E-state index in [4.69, 9.17) is 0 Å². The Morgan fingerprint density at radius 3 is 2.43 bits per heavy atom. The van der Waals surface area contributed by atoms with E-state index in [-0.39, 0.29) is 17.4 Å². The standard InChI is InChI=1S/C21H21N3O4/c25-17-10-8-14(9-11-17)23-12-4-7-16(23)13-18-19(26)22-21(28)24(20(18)27)15-5-2-1-3-6-15/h4,7-13,15,25H,1-3,5-6H2,(H,22,26,28). The van der Waals surface area contributed by atoms with Gasteiger partial charge in [0.25, 0.3) is 11.8 Å². The summed E-state index contributed by atoms with van der Waals surface area (Å²) in [6.45, 7) is 0. The Morgan fingerprint density at radius 1 is 1.00 bits per heavy atom. The molecule has 7 heteroatoms. The minimum absolute atomic E-state index is 0.0519. The van der Waals surface area contributed by atoms with Crippen molar-refractivity contribution in [3.8, 4) is 11.4 Å². The minimum atomic E-state index is -0.680. The lowest BCUT2D eigenvalue weighted by Crippen LogP contribution is -2.58. The lowest BCUT2D eigenvalue weighted by atomic mass is 9.93. The molecule has 28 heavy (non-hydrogen) atoms. The number of imide groups is 2. The average molecular weight is 379 g/mol. The maximum absolute atomic E-state index is 13.0. The number of aromatic hydroxyl groups is 1. The van der Waals surface area contributed by atoms with E-state index in [9.17, 15) is 19.5 Å². The SMILES string of the molecule is O=C1NC(=O)N(C2CCCCC2)C(=O)C1=Cc1cccn1-c1ccc(O)cc1. The number of nitrogens with zero attached hydrogens (tertiary/aromatic N) is 2. The molecule has 0 bridgehead atoms. The molecule has 4 rings (SSSR count). The number of phenols is 1. The first-order valence-electron chi connectivity index (χ1n) is 9.42. The number of hydrogen-bond donors (Lipinski definition) is 2. The summed E-state index contributed by atoms with van der Waals surface area (Å²) in [5.74, 6) is -1.07. The highest BCUT2D eigenvalue weighted by Crippen LogP contribution is 2.27. The van der Waals surface area contributed by atoms with Gasteiger partial charge in [0.2, 0.25) is 0 Å². The number of carbonyl (C=O) groups excluding carboxylic acids is 3. The van der Waals surface area contributed by atoms with Gasteiger partial charge in [-0.2, -0.15) is 0 Å². The molecule has 1 saturated carbocycles. The molecule has 1 aromatic heterocycles. The summed E-state index contributed by atoms with van der Waals surface area (Å²) in [4.78, 5) is 38.9. The molecule has 2 aromatic rings. The van der Waals surface area contributed by atoms with Crippen molar-refractivity contribution < 1.29 is 19.5 Å². The first kappa shape index (κ1) is 18.0. The third-order valence-corrected chi connectivity index (χ3v) is 5.27. The molecule has 144 valence electrons. The Kier molecular flexibility index (Phi) is 4.73. The van der Waals surface area contributed by atoms with Crippen molar-refractivity contribution in [2.24, 2.45) is 0 Å². The summed E-state index contributed by atoms with van der Waals surface area (Å²) in [6.07, 6.45) is 7.88. The third kappa shape index (κ3) is 3.31. The molecule has 1 aromatic carbocycles. The maximum atomic E-state index is 13.0. The molecule has 2 fully saturated rings. The predicted octanol–water partition coefficient (Wildman–Crippen LogP) is 2.98. The lowest BCUT2D eigenvalue weighted by Gasteiger charge is -2.35. The second-order valence-electron chi connectivity index (χ2n) is 7.10. The fraction of sp³-hybridized carbons (Fsp3) is 0.286. The molecule has 7 nitrogen and oxygen atoms in total. The Labute approximate surface area is 162 Å². The van der Waals surface area contributed by atoms with Crippen LogP contribution in [0.1, 0.15) is 37.8 Å². The van der Waals surface area contributed by atoms with Crippen molar-refractivity contribution in [3.63, 3.8) is 0 Å². The second kappa shape index (κ2) is 7.34. The summed E-state index contributed by atoms with van der Waals surface area (Å²) >= 11 is 0. The number of nitrogens with one attached hydrogen (secondary N) is 1. The van der Waals surface area contributed by atoms with Gasteiger partial charge >= 0.3 is 6.03 Å². The molecule has 2 aliphatic rings. The van der Waals surface area contributed by atoms with Gasteiger partial charge < -0.3 is 9.67 Å². The number of phenolic OH excluding ortho intramolecular Hbond substituents is 1. The van der Waals surface area contributed by atoms with Crippen LogP contribution in [0.2, 0.25) is 0 Å². The highest BCUT2D eigenvalue weighted by Gasteiger charge is 2.40. The normalized spacial score (nSPS) is 19.9. The molecule has 1 saturated heterocycles. The molecular weight excluding hydrogens is 358 g/mol. The van der Waals surface area contributed by atoms with E-state index in [2.05, 4.69) is 5.32 Å². The van der Waals surface area contributed by atoms with Crippen molar-refractivity contribution in [1.82, 2.24) is 14.8 Å². The second-order valence-corrected chi connectivity index (χ2v) is 7.10.